The first-order valence-corrected chi connectivity index (χ1v) is 7.96. The van der Waals surface area contributed by atoms with Gasteiger partial charge in [-0.05, 0) is 64.4 Å². The van der Waals surface area contributed by atoms with E-state index in [1.165, 1.54) is 0 Å². The Bertz CT molecular complexity index is 709. The standard InChI is InChI=1S/C20H24O4/c1-19(2,3)23-17(21)15-11-7-10-14-13(15)9-8-12-16(14)18(22)24-20(4,5)6/h7-12H,1-6H3. The average molecular weight is 328 g/mol. The highest BCUT2D eigenvalue weighted by atomic mass is 16.6. The zero-order valence-electron chi connectivity index (χ0n) is 15.1. The molecule has 2 aromatic carbocycles. The molecular weight excluding hydrogens is 304 g/mol. The van der Waals surface area contributed by atoms with Gasteiger partial charge in [-0.2, -0.15) is 0 Å². The lowest BCUT2D eigenvalue weighted by atomic mass is 9.99. The molecule has 4 heteroatoms. The summed E-state index contributed by atoms with van der Waals surface area (Å²) in [7, 11) is 0. The highest BCUT2D eigenvalue weighted by Gasteiger charge is 2.23. The van der Waals surface area contributed by atoms with E-state index in [9.17, 15) is 9.59 Å². The van der Waals surface area contributed by atoms with Gasteiger partial charge < -0.3 is 9.47 Å². The lowest BCUT2D eigenvalue weighted by molar-refractivity contribution is 0.00573. The largest absolute Gasteiger partial charge is 0.456 e. The van der Waals surface area contributed by atoms with E-state index < -0.39 is 23.1 Å². The minimum atomic E-state index is -0.581. The van der Waals surface area contributed by atoms with E-state index in [-0.39, 0.29) is 0 Å². The van der Waals surface area contributed by atoms with Gasteiger partial charge in [0.25, 0.3) is 0 Å². The molecule has 0 N–H and O–H groups in total. The molecule has 0 fully saturated rings. The van der Waals surface area contributed by atoms with Crippen molar-refractivity contribution in [3.05, 3.63) is 47.5 Å². The maximum atomic E-state index is 12.4. The second-order valence-electron chi connectivity index (χ2n) is 7.71. The molecule has 0 amide bonds. The highest BCUT2D eigenvalue weighted by Crippen LogP contribution is 2.26. The van der Waals surface area contributed by atoms with Crippen molar-refractivity contribution in [3.63, 3.8) is 0 Å². The van der Waals surface area contributed by atoms with Crippen LogP contribution < -0.4 is 0 Å². The summed E-state index contributed by atoms with van der Waals surface area (Å²) in [6, 6.07) is 10.5. The van der Waals surface area contributed by atoms with Gasteiger partial charge in [-0.3, -0.25) is 0 Å². The van der Waals surface area contributed by atoms with Crippen molar-refractivity contribution in [2.75, 3.05) is 0 Å². The van der Waals surface area contributed by atoms with Crippen molar-refractivity contribution in [2.45, 2.75) is 52.7 Å². The third-order valence-electron chi connectivity index (χ3n) is 3.16. The molecule has 0 bridgehead atoms. The van der Waals surface area contributed by atoms with Crippen molar-refractivity contribution < 1.29 is 19.1 Å². The summed E-state index contributed by atoms with van der Waals surface area (Å²) in [5.41, 5.74) is -0.287. The van der Waals surface area contributed by atoms with Crippen LogP contribution in [0.25, 0.3) is 10.8 Å². The molecule has 0 heterocycles. The van der Waals surface area contributed by atoms with Gasteiger partial charge in [0.2, 0.25) is 0 Å². The molecule has 24 heavy (non-hydrogen) atoms. The Labute approximate surface area is 142 Å². The summed E-state index contributed by atoms with van der Waals surface area (Å²) < 4.78 is 10.9. The minimum Gasteiger partial charge on any atom is -0.456 e. The molecular formula is C20H24O4. The smallest absolute Gasteiger partial charge is 0.339 e. The first-order chi connectivity index (χ1) is 11.0. The Morgan fingerprint density at radius 1 is 0.667 bits per heavy atom. The van der Waals surface area contributed by atoms with E-state index >= 15 is 0 Å². The van der Waals surface area contributed by atoms with Crippen LogP contribution in [-0.4, -0.2) is 23.1 Å². The number of fused-ring (bicyclic) bond motifs is 1. The van der Waals surface area contributed by atoms with Gasteiger partial charge in [-0.15, -0.1) is 0 Å². The SMILES string of the molecule is CC(C)(C)OC(=O)c1cccc2c(C(=O)OC(C)(C)C)cccc12. The lowest BCUT2D eigenvalue weighted by Gasteiger charge is -2.21. The van der Waals surface area contributed by atoms with Gasteiger partial charge >= 0.3 is 11.9 Å². The fraction of sp³-hybridized carbons (Fsp3) is 0.400. The third kappa shape index (κ3) is 4.34. The maximum Gasteiger partial charge on any atom is 0.339 e. The molecule has 128 valence electrons. The summed E-state index contributed by atoms with van der Waals surface area (Å²) in [6.45, 7) is 10.9. The summed E-state index contributed by atoms with van der Waals surface area (Å²) in [6.07, 6.45) is 0. The Morgan fingerprint density at radius 3 is 1.29 bits per heavy atom. The molecule has 0 aliphatic carbocycles. The first-order valence-electron chi connectivity index (χ1n) is 7.96. The summed E-state index contributed by atoms with van der Waals surface area (Å²) in [5.74, 6) is -0.816. The second kappa shape index (κ2) is 6.27. The molecule has 0 aliphatic rings. The van der Waals surface area contributed by atoms with Gasteiger partial charge in [0.15, 0.2) is 0 Å². The molecule has 0 saturated heterocycles. The van der Waals surface area contributed by atoms with Crippen LogP contribution in [-0.2, 0) is 9.47 Å². The number of carbonyl (C=O) groups excluding carboxylic acids is 2. The zero-order chi connectivity index (χ0) is 18.1. The number of hydrogen-bond donors (Lipinski definition) is 0. The number of benzene rings is 2. The van der Waals surface area contributed by atoms with E-state index in [0.29, 0.717) is 21.9 Å². The fourth-order valence-electron chi connectivity index (χ4n) is 2.33. The van der Waals surface area contributed by atoms with E-state index in [1.54, 1.807) is 24.3 Å². The van der Waals surface area contributed by atoms with Crippen molar-refractivity contribution >= 4 is 22.7 Å². The third-order valence-corrected chi connectivity index (χ3v) is 3.16. The summed E-state index contributed by atoms with van der Waals surface area (Å²) in [5, 5.41) is 1.35. The molecule has 0 radical (unpaired) electrons. The van der Waals surface area contributed by atoms with Gasteiger partial charge in [0, 0.05) is 0 Å². The average Bonchev–Trinajstić information content (AvgIpc) is 2.42. The number of rotatable bonds is 2. The van der Waals surface area contributed by atoms with E-state index in [2.05, 4.69) is 0 Å². The number of esters is 2. The van der Waals surface area contributed by atoms with Crippen LogP contribution in [0, 0.1) is 0 Å². The number of ether oxygens (including phenoxy) is 2. The van der Waals surface area contributed by atoms with E-state index in [1.807, 2.05) is 53.7 Å². The molecule has 0 aliphatic heterocycles. The minimum absolute atomic E-state index is 0.408. The summed E-state index contributed by atoms with van der Waals surface area (Å²) >= 11 is 0. The quantitative estimate of drug-likeness (QED) is 0.747. The van der Waals surface area contributed by atoms with E-state index in [4.69, 9.17) is 9.47 Å². The van der Waals surface area contributed by atoms with Gasteiger partial charge in [0.1, 0.15) is 11.2 Å². The van der Waals surface area contributed by atoms with E-state index in [0.717, 1.165) is 0 Å². The van der Waals surface area contributed by atoms with Gasteiger partial charge in [0.05, 0.1) is 11.1 Å². The highest BCUT2D eigenvalue weighted by molar-refractivity contribution is 6.11. The zero-order valence-corrected chi connectivity index (χ0v) is 15.1. The molecule has 0 unspecified atom stereocenters. The molecule has 0 saturated carbocycles. The number of carbonyl (C=O) groups is 2. The second-order valence-corrected chi connectivity index (χ2v) is 7.71. The normalized spacial score (nSPS) is 12.1. The van der Waals surface area contributed by atoms with Gasteiger partial charge in [-0.25, -0.2) is 9.59 Å². The van der Waals surface area contributed by atoms with Gasteiger partial charge in [-0.1, -0.05) is 24.3 Å². The molecule has 0 spiro atoms. The Morgan fingerprint density at radius 2 is 1.00 bits per heavy atom. The molecule has 0 aromatic heterocycles. The van der Waals surface area contributed by atoms with Crippen molar-refractivity contribution in [2.24, 2.45) is 0 Å². The van der Waals surface area contributed by atoms with Crippen LogP contribution in [0.2, 0.25) is 0 Å². The molecule has 4 nitrogen and oxygen atoms in total. The van der Waals surface area contributed by atoms with Crippen LogP contribution in [0.1, 0.15) is 62.3 Å². The Kier molecular flexibility index (Phi) is 4.70. The fourth-order valence-corrected chi connectivity index (χ4v) is 2.33. The predicted octanol–water partition coefficient (Wildman–Crippen LogP) is 4.75. The topological polar surface area (TPSA) is 52.6 Å². The maximum absolute atomic E-state index is 12.4. The lowest BCUT2D eigenvalue weighted by Crippen LogP contribution is -2.24. The molecule has 2 rings (SSSR count). The van der Waals surface area contributed by atoms with Crippen LogP contribution in [0.15, 0.2) is 36.4 Å². The summed E-state index contributed by atoms with van der Waals surface area (Å²) in [4.78, 5) is 24.9. The van der Waals surface area contributed by atoms with Crippen LogP contribution in [0.3, 0.4) is 0 Å². The first kappa shape index (κ1) is 18.0. The predicted molar refractivity (Wildman–Crippen MR) is 94.3 cm³/mol. The molecule has 0 atom stereocenters. The number of hydrogen-bond acceptors (Lipinski definition) is 4. The van der Waals surface area contributed by atoms with Crippen molar-refractivity contribution in [3.8, 4) is 0 Å². The Balaban J connectivity index is 2.50. The molecule has 2 aromatic rings. The van der Waals surface area contributed by atoms with Crippen molar-refractivity contribution in [1.82, 2.24) is 0 Å². The van der Waals surface area contributed by atoms with Crippen LogP contribution >= 0.6 is 0 Å². The monoisotopic (exact) mass is 328 g/mol. The Hall–Kier alpha value is -2.36. The van der Waals surface area contributed by atoms with Crippen LogP contribution in [0.5, 0.6) is 0 Å². The van der Waals surface area contributed by atoms with Crippen LogP contribution in [0.4, 0.5) is 0 Å². The van der Waals surface area contributed by atoms with Crippen molar-refractivity contribution in [1.29, 1.82) is 0 Å².